The molecular weight excluding hydrogens is 256 g/mol. The fraction of sp³-hybridized carbons (Fsp3) is 0.368. The highest BCUT2D eigenvalue weighted by Crippen LogP contribution is 2.28. The van der Waals surface area contributed by atoms with E-state index >= 15 is 0 Å². The van der Waals surface area contributed by atoms with Crippen LogP contribution < -0.4 is 4.90 Å². The zero-order valence-corrected chi connectivity index (χ0v) is 13.3. The van der Waals surface area contributed by atoms with Gasteiger partial charge in [0.1, 0.15) is 0 Å². The molecule has 0 N–H and O–H groups in total. The van der Waals surface area contributed by atoms with Crippen LogP contribution in [-0.2, 0) is 6.54 Å². The van der Waals surface area contributed by atoms with Gasteiger partial charge in [-0.1, -0.05) is 48.0 Å². The van der Waals surface area contributed by atoms with Crippen molar-refractivity contribution >= 4 is 5.69 Å². The summed E-state index contributed by atoms with van der Waals surface area (Å²) in [5, 5.41) is 0. The summed E-state index contributed by atoms with van der Waals surface area (Å²) in [7, 11) is 0. The van der Waals surface area contributed by atoms with Gasteiger partial charge >= 0.3 is 0 Å². The second-order valence-corrected chi connectivity index (χ2v) is 6.19. The molecule has 2 heteroatoms. The molecule has 1 aliphatic heterocycles. The standard InChI is InChI=1S/C19H24N2/c1-15-11-16(2)19(17(3)12-15)21-10-9-20(14-21)13-18-7-5-4-6-8-18/h4-8,11-12H,9-10,13-14H2,1-3H3. The highest BCUT2D eigenvalue weighted by Gasteiger charge is 2.22. The van der Waals surface area contributed by atoms with Gasteiger partial charge in [-0.2, -0.15) is 0 Å². The Morgan fingerprint density at radius 1 is 0.905 bits per heavy atom. The molecule has 2 nitrogen and oxygen atoms in total. The Bertz CT molecular complexity index is 596. The molecule has 0 bridgehead atoms. The second kappa shape index (κ2) is 5.90. The van der Waals surface area contributed by atoms with Crippen LogP contribution in [-0.4, -0.2) is 24.7 Å². The van der Waals surface area contributed by atoms with E-state index in [1.807, 2.05) is 0 Å². The van der Waals surface area contributed by atoms with Crippen molar-refractivity contribution in [2.45, 2.75) is 27.3 Å². The summed E-state index contributed by atoms with van der Waals surface area (Å²) >= 11 is 0. The van der Waals surface area contributed by atoms with Crippen LogP contribution in [0.5, 0.6) is 0 Å². The molecule has 2 aromatic carbocycles. The Labute approximate surface area is 128 Å². The minimum atomic E-state index is 1.03. The number of hydrogen-bond acceptors (Lipinski definition) is 2. The van der Waals surface area contributed by atoms with E-state index in [4.69, 9.17) is 0 Å². The van der Waals surface area contributed by atoms with Crippen molar-refractivity contribution in [2.24, 2.45) is 0 Å². The summed E-state index contributed by atoms with van der Waals surface area (Å²) in [6, 6.07) is 15.3. The molecular formula is C19H24N2. The summed E-state index contributed by atoms with van der Waals surface area (Å²) in [5.74, 6) is 0. The van der Waals surface area contributed by atoms with Crippen molar-refractivity contribution in [1.82, 2.24) is 4.90 Å². The quantitative estimate of drug-likeness (QED) is 0.841. The van der Waals surface area contributed by atoms with E-state index in [0.717, 1.165) is 26.3 Å². The average Bonchev–Trinajstić information content (AvgIpc) is 2.87. The summed E-state index contributed by atoms with van der Waals surface area (Å²) in [5.41, 5.74) is 6.98. The van der Waals surface area contributed by atoms with Crippen molar-refractivity contribution < 1.29 is 0 Å². The fourth-order valence-corrected chi connectivity index (χ4v) is 3.47. The molecule has 0 aromatic heterocycles. The van der Waals surface area contributed by atoms with Crippen LogP contribution in [0.15, 0.2) is 42.5 Å². The normalized spacial score (nSPS) is 15.7. The van der Waals surface area contributed by atoms with Crippen molar-refractivity contribution in [3.05, 3.63) is 64.7 Å². The van der Waals surface area contributed by atoms with E-state index in [1.165, 1.54) is 27.9 Å². The van der Waals surface area contributed by atoms with Crippen molar-refractivity contribution in [2.75, 3.05) is 24.7 Å². The van der Waals surface area contributed by atoms with Gasteiger partial charge in [-0.3, -0.25) is 4.90 Å². The fourth-order valence-electron chi connectivity index (χ4n) is 3.47. The Balaban J connectivity index is 1.73. The average molecular weight is 280 g/mol. The molecule has 0 unspecified atom stereocenters. The molecule has 0 saturated carbocycles. The monoisotopic (exact) mass is 280 g/mol. The van der Waals surface area contributed by atoms with E-state index < -0.39 is 0 Å². The zero-order chi connectivity index (χ0) is 14.8. The first-order chi connectivity index (χ1) is 10.1. The number of hydrogen-bond donors (Lipinski definition) is 0. The first kappa shape index (κ1) is 14.2. The van der Waals surface area contributed by atoms with Crippen LogP contribution in [0.4, 0.5) is 5.69 Å². The van der Waals surface area contributed by atoms with Crippen LogP contribution in [0.2, 0.25) is 0 Å². The van der Waals surface area contributed by atoms with Crippen LogP contribution in [0.25, 0.3) is 0 Å². The molecule has 21 heavy (non-hydrogen) atoms. The topological polar surface area (TPSA) is 6.48 Å². The van der Waals surface area contributed by atoms with Crippen molar-refractivity contribution in [3.8, 4) is 0 Å². The Kier molecular flexibility index (Phi) is 3.98. The van der Waals surface area contributed by atoms with Gasteiger partial charge in [-0.25, -0.2) is 0 Å². The van der Waals surface area contributed by atoms with E-state index in [2.05, 4.69) is 73.0 Å². The Hall–Kier alpha value is -1.80. The van der Waals surface area contributed by atoms with E-state index in [0.29, 0.717) is 0 Å². The molecule has 1 fully saturated rings. The molecule has 0 spiro atoms. The third-order valence-electron chi connectivity index (χ3n) is 4.26. The minimum Gasteiger partial charge on any atom is -0.357 e. The first-order valence-electron chi connectivity index (χ1n) is 7.72. The number of anilines is 1. The summed E-state index contributed by atoms with van der Waals surface area (Å²) in [4.78, 5) is 5.04. The maximum atomic E-state index is 2.52. The largest absolute Gasteiger partial charge is 0.357 e. The Morgan fingerprint density at radius 2 is 1.57 bits per heavy atom. The van der Waals surface area contributed by atoms with E-state index in [9.17, 15) is 0 Å². The predicted octanol–water partition coefficient (Wildman–Crippen LogP) is 3.89. The predicted molar refractivity (Wildman–Crippen MR) is 89.7 cm³/mol. The Morgan fingerprint density at radius 3 is 2.24 bits per heavy atom. The molecule has 3 rings (SSSR count). The minimum absolute atomic E-state index is 1.03. The van der Waals surface area contributed by atoms with Crippen LogP contribution in [0.3, 0.4) is 0 Å². The van der Waals surface area contributed by atoms with E-state index in [1.54, 1.807) is 0 Å². The zero-order valence-electron chi connectivity index (χ0n) is 13.3. The lowest BCUT2D eigenvalue weighted by Crippen LogP contribution is -2.26. The second-order valence-electron chi connectivity index (χ2n) is 6.19. The van der Waals surface area contributed by atoms with Gasteiger partial charge in [-0.05, 0) is 37.5 Å². The van der Waals surface area contributed by atoms with E-state index in [-0.39, 0.29) is 0 Å². The lowest BCUT2D eigenvalue weighted by Gasteiger charge is -2.24. The molecule has 2 aromatic rings. The number of nitrogens with zero attached hydrogens (tertiary/aromatic N) is 2. The molecule has 0 aliphatic carbocycles. The highest BCUT2D eigenvalue weighted by molar-refractivity contribution is 5.60. The molecule has 1 saturated heterocycles. The molecule has 1 heterocycles. The maximum Gasteiger partial charge on any atom is 0.0711 e. The number of rotatable bonds is 3. The lowest BCUT2D eigenvalue weighted by molar-refractivity contribution is 0.334. The molecule has 110 valence electrons. The van der Waals surface area contributed by atoms with Gasteiger partial charge in [-0.15, -0.1) is 0 Å². The molecule has 1 aliphatic rings. The lowest BCUT2D eigenvalue weighted by atomic mass is 10.0. The van der Waals surface area contributed by atoms with Crippen molar-refractivity contribution in [3.63, 3.8) is 0 Å². The van der Waals surface area contributed by atoms with Gasteiger partial charge in [0.05, 0.1) is 6.67 Å². The summed E-state index contributed by atoms with van der Waals surface area (Å²) in [6.07, 6.45) is 0. The van der Waals surface area contributed by atoms with Gasteiger partial charge in [0.15, 0.2) is 0 Å². The van der Waals surface area contributed by atoms with Crippen LogP contribution >= 0.6 is 0 Å². The van der Waals surface area contributed by atoms with Crippen LogP contribution in [0, 0.1) is 20.8 Å². The van der Waals surface area contributed by atoms with Gasteiger partial charge in [0.25, 0.3) is 0 Å². The van der Waals surface area contributed by atoms with Gasteiger partial charge < -0.3 is 4.90 Å². The maximum absolute atomic E-state index is 2.52. The summed E-state index contributed by atoms with van der Waals surface area (Å²) < 4.78 is 0. The van der Waals surface area contributed by atoms with Gasteiger partial charge in [0, 0.05) is 25.3 Å². The highest BCUT2D eigenvalue weighted by atomic mass is 15.4. The molecule has 0 radical (unpaired) electrons. The third-order valence-corrected chi connectivity index (χ3v) is 4.26. The van der Waals surface area contributed by atoms with Crippen LogP contribution in [0.1, 0.15) is 22.3 Å². The van der Waals surface area contributed by atoms with Gasteiger partial charge in [0.2, 0.25) is 0 Å². The number of benzene rings is 2. The first-order valence-corrected chi connectivity index (χ1v) is 7.72. The smallest absolute Gasteiger partial charge is 0.0711 e. The summed E-state index contributed by atoms with van der Waals surface area (Å²) in [6.45, 7) is 11.0. The van der Waals surface area contributed by atoms with Crippen molar-refractivity contribution in [1.29, 1.82) is 0 Å². The molecule has 0 atom stereocenters. The number of aryl methyl sites for hydroxylation is 3. The third kappa shape index (κ3) is 3.11. The molecule has 0 amide bonds. The SMILES string of the molecule is Cc1cc(C)c(N2CCN(Cc3ccccc3)C2)c(C)c1.